The molecular formula is C15H16N2O. The van der Waals surface area contributed by atoms with E-state index in [4.69, 9.17) is 4.74 Å². The van der Waals surface area contributed by atoms with Crippen LogP contribution >= 0.6 is 0 Å². The predicted octanol–water partition coefficient (Wildman–Crippen LogP) is 3.30. The first-order valence-corrected chi connectivity index (χ1v) is 6.35. The van der Waals surface area contributed by atoms with E-state index in [1.165, 1.54) is 6.42 Å². The van der Waals surface area contributed by atoms with Gasteiger partial charge in [0, 0.05) is 12.1 Å². The Balaban J connectivity index is 1.78. The second-order valence-corrected chi connectivity index (χ2v) is 4.46. The third-order valence-corrected chi connectivity index (χ3v) is 3.13. The minimum absolute atomic E-state index is 0.379. The van der Waals surface area contributed by atoms with Crippen molar-refractivity contribution in [1.82, 2.24) is 10.3 Å². The lowest BCUT2D eigenvalue weighted by Gasteiger charge is -2.11. The van der Waals surface area contributed by atoms with Crippen LogP contribution in [0.25, 0.3) is 0 Å². The highest BCUT2D eigenvalue weighted by atomic mass is 16.5. The summed E-state index contributed by atoms with van der Waals surface area (Å²) < 4.78 is 5.74. The largest absolute Gasteiger partial charge is 0.439 e. The van der Waals surface area contributed by atoms with Gasteiger partial charge in [0.05, 0.1) is 5.69 Å². The molecule has 2 aromatic rings. The SMILES string of the molecule is c1ccc(Oc2cccc(C3CCCN3)n2)cc1. The summed E-state index contributed by atoms with van der Waals surface area (Å²) in [5.74, 6) is 1.48. The molecule has 0 bridgehead atoms. The summed E-state index contributed by atoms with van der Waals surface area (Å²) in [6, 6.07) is 16.1. The number of para-hydroxylation sites is 1. The highest BCUT2D eigenvalue weighted by molar-refractivity contribution is 5.27. The Morgan fingerprint density at radius 2 is 1.94 bits per heavy atom. The van der Waals surface area contributed by atoms with Gasteiger partial charge in [-0.05, 0) is 37.6 Å². The Labute approximate surface area is 107 Å². The molecule has 0 radical (unpaired) electrons. The van der Waals surface area contributed by atoms with Crippen molar-refractivity contribution < 1.29 is 4.74 Å². The van der Waals surface area contributed by atoms with Gasteiger partial charge in [-0.2, -0.15) is 0 Å². The maximum Gasteiger partial charge on any atom is 0.219 e. The number of rotatable bonds is 3. The summed E-state index contributed by atoms with van der Waals surface area (Å²) in [7, 11) is 0. The van der Waals surface area contributed by atoms with Gasteiger partial charge in [0.1, 0.15) is 5.75 Å². The molecule has 1 aliphatic rings. The van der Waals surface area contributed by atoms with Gasteiger partial charge >= 0.3 is 0 Å². The second kappa shape index (κ2) is 5.19. The molecule has 0 amide bonds. The fourth-order valence-corrected chi connectivity index (χ4v) is 2.23. The molecule has 1 aromatic heterocycles. The van der Waals surface area contributed by atoms with Crippen molar-refractivity contribution in [2.45, 2.75) is 18.9 Å². The fourth-order valence-electron chi connectivity index (χ4n) is 2.23. The topological polar surface area (TPSA) is 34.1 Å². The lowest BCUT2D eigenvalue weighted by Crippen LogP contribution is -2.14. The van der Waals surface area contributed by atoms with E-state index in [0.29, 0.717) is 11.9 Å². The van der Waals surface area contributed by atoms with E-state index in [-0.39, 0.29) is 0 Å². The first-order chi connectivity index (χ1) is 8.92. The summed E-state index contributed by atoms with van der Waals surface area (Å²) in [4.78, 5) is 4.57. The number of hydrogen-bond donors (Lipinski definition) is 1. The van der Waals surface area contributed by atoms with Crippen molar-refractivity contribution in [3.05, 3.63) is 54.2 Å². The van der Waals surface area contributed by atoms with E-state index < -0.39 is 0 Å². The summed E-state index contributed by atoms with van der Waals surface area (Å²) in [6.45, 7) is 1.08. The third kappa shape index (κ3) is 2.51. The Kier molecular flexibility index (Phi) is 3.24. The maximum atomic E-state index is 5.74. The summed E-state index contributed by atoms with van der Waals surface area (Å²) in [6.07, 6.45) is 2.37. The Morgan fingerprint density at radius 1 is 1.06 bits per heavy atom. The molecule has 0 spiro atoms. The zero-order chi connectivity index (χ0) is 12.2. The van der Waals surface area contributed by atoms with Crippen LogP contribution in [0.2, 0.25) is 0 Å². The second-order valence-electron chi connectivity index (χ2n) is 4.46. The quantitative estimate of drug-likeness (QED) is 0.893. The van der Waals surface area contributed by atoms with Crippen LogP contribution < -0.4 is 10.1 Å². The molecule has 3 heteroatoms. The average molecular weight is 240 g/mol. The molecule has 18 heavy (non-hydrogen) atoms. The van der Waals surface area contributed by atoms with Gasteiger partial charge in [-0.15, -0.1) is 0 Å². The molecule has 1 N–H and O–H groups in total. The van der Waals surface area contributed by atoms with E-state index in [0.717, 1.165) is 24.4 Å². The van der Waals surface area contributed by atoms with Crippen molar-refractivity contribution >= 4 is 0 Å². The Bertz CT molecular complexity index is 507. The lowest BCUT2D eigenvalue weighted by molar-refractivity contribution is 0.456. The number of ether oxygens (including phenoxy) is 1. The molecule has 92 valence electrons. The van der Waals surface area contributed by atoms with Gasteiger partial charge < -0.3 is 10.1 Å². The molecule has 1 unspecified atom stereocenters. The summed E-state index contributed by atoms with van der Waals surface area (Å²) >= 11 is 0. The molecular weight excluding hydrogens is 224 g/mol. The first kappa shape index (κ1) is 11.2. The van der Waals surface area contributed by atoms with Gasteiger partial charge in [0.15, 0.2) is 0 Å². The third-order valence-electron chi connectivity index (χ3n) is 3.13. The number of aromatic nitrogens is 1. The van der Waals surface area contributed by atoms with Crippen molar-refractivity contribution in [3.8, 4) is 11.6 Å². The van der Waals surface area contributed by atoms with Crippen molar-refractivity contribution in [3.63, 3.8) is 0 Å². The highest BCUT2D eigenvalue weighted by Crippen LogP contribution is 2.24. The van der Waals surface area contributed by atoms with E-state index in [1.54, 1.807) is 0 Å². The molecule has 1 saturated heterocycles. The minimum Gasteiger partial charge on any atom is -0.439 e. The molecule has 0 saturated carbocycles. The maximum absolute atomic E-state index is 5.74. The number of benzene rings is 1. The van der Waals surface area contributed by atoms with Crippen LogP contribution in [0.3, 0.4) is 0 Å². The highest BCUT2D eigenvalue weighted by Gasteiger charge is 2.17. The number of nitrogens with one attached hydrogen (secondary N) is 1. The first-order valence-electron chi connectivity index (χ1n) is 6.35. The van der Waals surface area contributed by atoms with Gasteiger partial charge in [-0.1, -0.05) is 24.3 Å². The number of hydrogen-bond acceptors (Lipinski definition) is 3. The molecule has 1 aromatic carbocycles. The van der Waals surface area contributed by atoms with Crippen LogP contribution in [-0.4, -0.2) is 11.5 Å². The van der Waals surface area contributed by atoms with Crippen molar-refractivity contribution in [2.75, 3.05) is 6.54 Å². The number of pyridine rings is 1. The smallest absolute Gasteiger partial charge is 0.219 e. The van der Waals surface area contributed by atoms with Crippen LogP contribution in [0.15, 0.2) is 48.5 Å². The van der Waals surface area contributed by atoms with Gasteiger partial charge in [0.25, 0.3) is 0 Å². The average Bonchev–Trinajstić information content (AvgIpc) is 2.94. The van der Waals surface area contributed by atoms with Crippen LogP contribution in [0.5, 0.6) is 11.6 Å². The van der Waals surface area contributed by atoms with Crippen molar-refractivity contribution in [1.29, 1.82) is 0 Å². The fraction of sp³-hybridized carbons (Fsp3) is 0.267. The molecule has 1 aliphatic heterocycles. The standard InChI is InChI=1S/C15H16N2O/c1-2-6-12(7-3-1)18-15-10-4-8-14(17-15)13-9-5-11-16-13/h1-4,6-8,10,13,16H,5,9,11H2. The molecule has 2 heterocycles. The van der Waals surface area contributed by atoms with Gasteiger partial charge in [-0.3, -0.25) is 0 Å². The summed E-state index contributed by atoms with van der Waals surface area (Å²) in [5, 5.41) is 3.45. The normalized spacial score (nSPS) is 18.8. The van der Waals surface area contributed by atoms with Crippen LogP contribution in [0.4, 0.5) is 0 Å². The lowest BCUT2D eigenvalue weighted by atomic mass is 10.1. The van der Waals surface area contributed by atoms with Crippen molar-refractivity contribution in [2.24, 2.45) is 0 Å². The number of nitrogens with zero attached hydrogens (tertiary/aromatic N) is 1. The molecule has 1 fully saturated rings. The molecule has 3 nitrogen and oxygen atoms in total. The molecule has 1 atom stereocenters. The monoisotopic (exact) mass is 240 g/mol. The zero-order valence-corrected chi connectivity index (χ0v) is 10.2. The van der Waals surface area contributed by atoms with E-state index in [9.17, 15) is 0 Å². The van der Waals surface area contributed by atoms with Crippen LogP contribution in [-0.2, 0) is 0 Å². The van der Waals surface area contributed by atoms with Crippen LogP contribution in [0.1, 0.15) is 24.6 Å². The Morgan fingerprint density at radius 3 is 2.72 bits per heavy atom. The zero-order valence-electron chi connectivity index (χ0n) is 10.2. The van der Waals surface area contributed by atoms with E-state index in [1.807, 2.05) is 42.5 Å². The predicted molar refractivity (Wildman–Crippen MR) is 70.7 cm³/mol. The molecule has 0 aliphatic carbocycles. The van der Waals surface area contributed by atoms with Gasteiger partial charge in [-0.25, -0.2) is 4.98 Å². The minimum atomic E-state index is 0.379. The summed E-state index contributed by atoms with van der Waals surface area (Å²) in [5.41, 5.74) is 1.07. The van der Waals surface area contributed by atoms with Crippen LogP contribution in [0, 0.1) is 0 Å². The Hall–Kier alpha value is -1.87. The van der Waals surface area contributed by atoms with E-state index >= 15 is 0 Å². The van der Waals surface area contributed by atoms with E-state index in [2.05, 4.69) is 16.4 Å². The molecule has 3 rings (SSSR count). The van der Waals surface area contributed by atoms with Gasteiger partial charge in [0.2, 0.25) is 5.88 Å².